The third-order valence-corrected chi connectivity index (χ3v) is 3.50. The molecule has 0 saturated carbocycles. The Morgan fingerprint density at radius 3 is 2.67 bits per heavy atom. The van der Waals surface area contributed by atoms with Gasteiger partial charge in [0.1, 0.15) is 11.9 Å². The van der Waals surface area contributed by atoms with Crippen LogP contribution in [0, 0.1) is 11.3 Å². The molecule has 3 nitrogen and oxygen atoms in total. The molecular formula is C17H17ClN2O. The van der Waals surface area contributed by atoms with Gasteiger partial charge in [-0.1, -0.05) is 36.7 Å². The van der Waals surface area contributed by atoms with Crippen molar-refractivity contribution in [3.05, 3.63) is 64.7 Å². The zero-order valence-electron chi connectivity index (χ0n) is 11.8. The summed E-state index contributed by atoms with van der Waals surface area (Å²) >= 11 is 6.05. The average molecular weight is 301 g/mol. The molecule has 0 bridgehead atoms. The van der Waals surface area contributed by atoms with E-state index < -0.39 is 0 Å². The predicted octanol–water partition coefficient (Wildman–Crippen LogP) is 4.07. The van der Waals surface area contributed by atoms with Gasteiger partial charge in [-0.3, -0.25) is 0 Å². The molecule has 2 atom stereocenters. The van der Waals surface area contributed by atoms with Crippen molar-refractivity contribution < 1.29 is 4.74 Å². The highest BCUT2D eigenvalue weighted by molar-refractivity contribution is 6.30. The minimum atomic E-state index is -0.303. The van der Waals surface area contributed by atoms with Gasteiger partial charge >= 0.3 is 0 Å². The molecule has 2 aromatic carbocycles. The summed E-state index contributed by atoms with van der Waals surface area (Å²) < 4.78 is 6.02. The van der Waals surface area contributed by atoms with E-state index in [9.17, 15) is 0 Å². The Morgan fingerprint density at radius 2 is 2.00 bits per heavy atom. The highest BCUT2D eigenvalue weighted by atomic mass is 35.5. The highest BCUT2D eigenvalue weighted by Gasteiger charge is 2.21. The number of rotatable bonds is 5. The first-order valence-corrected chi connectivity index (χ1v) is 7.19. The van der Waals surface area contributed by atoms with Crippen LogP contribution in [0.15, 0.2) is 48.5 Å². The fourth-order valence-electron chi connectivity index (χ4n) is 2.09. The van der Waals surface area contributed by atoms with Crippen molar-refractivity contribution in [2.75, 3.05) is 0 Å². The molecule has 21 heavy (non-hydrogen) atoms. The molecule has 0 heterocycles. The minimum Gasteiger partial charge on any atom is -0.484 e. The smallest absolute Gasteiger partial charge is 0.139 e. The molecule has 0 aliphatic carbocycles. The van der Waals surface area contributed by atoms with E-state index in [0.717, 1.165) is 12.0 Å². The second kappa shape index (κ2) is 7.12. The summed E-state index contributed by atoms with van der Waals surface area (Å²) in [4.78, 5) is 0. The zero-order chi connectivity index (χ0) is 15.2. The largest absolute Gasteiger partial charge is 0.484 e. The molecule has 0 spiro atoms. The lowest BCUT2D eigenvalue weighted by Crippen LogP contribution is -2.31. The van der Waals surface area contributed by atoms with E-state index in [0.29, 0.717) is 16.3 Å². The molecule has 0 amide bonds. The van der Waals surface area contributed by atoms with Crippen molar-refractivity contribution in [2.24, 2.45) is 5.73 Å². The molecule has 2 rings (SSSR count). The molecule has 2 aromatic rings. The van der Waals surface area contributed by atoms with E-state index >= 15 is 0 Å². The van der Waals surface area contributed by atoms with Crippen molar-refractivity contribution in [3.63, 3.8) is 0 Å². The Bertz CT molecular complexity index is 651. The van der Waals surface area contributed by atoms with E-state index in [-0.39, 0.29) is 12.1 Å². The van der Waals surface area contributed by atoms with Crippen LogP contribution in [0.1, 0.15) is 30.6 Å². The Hall–Kier alpha value is -2.02. The zero-order valence-corrected chi connectivity index (χ0v) is 12.5. The van der Waals surface area contributed by atoms with Gasteiger partial charge in [-0.25, -0.2) is 0 Å². The SMILES string of the molecule is CCC(N)C(Oc1cccc(C#N)c1)c1cccc(Cl)c1. The first kappa shape index (κ1) is 15.4. The fraction of sp³-hybridized carbons (Fsp3) is 0.235. The van der Waals surface area contributed by atoms with Crippen molar-refractivity contribution in [2.45, 2.75) is 25.5 Å². The Balaban J connectivity index is 2.31. The lowest BCUT2D eigenvalue weighted by Gasteiger charge is -2.25. The first-order valence-electron chi connectivity index (χ1n) is 6.82. The van der Waals surface area contributed by atoms with Crippen LogP contribution in [0.3, 0.4) is 0 Å². The number of hydrogen-bond donors (Lipinski definition) is 1. The molecular weight excluding hydrogens is 284 g/mol. The molecule has 0 aromatic heterocycles. The third kappa shape index (κ3) is 3.98. The van der Waals surface area contributed by atoms with Gasteiger partial charge in [0.15, 0.2) is 0 Å². The van der Waals surface area contributed by atoms with Gasteiger partial charge in [0.2, 0.25) is 0 Å². The van der Waals surface area contributed by atoms with Gasteiger partial charge in [0.05, 0.1) is 11.6 Å². The van der Waals surface area contributed by atoms with Crippen LogP contribution in [0.4, 0.5) is 0 Å². The van der Waals surface area contributed by atoms with Gasteiger partial charge in [-0.15, -0.1) is 0 Å². The van der Waals surface area contributed by atoms with Crippen molar-refractivity contribution in [3.8, 4) is 11.8 Å². The van der Waals surface area contributed by atoms with Crippen molar-refractivity contribution in [1.82, 2.24) is 0 Å². The maximum Gasteiger partial charge on any atom is 0.139 e. The lowest BCUT2D eigenvalue weighted by molar-refractivity contribution is 0.171. The van der Waals surface area contributed by atoms with Crippen LogP contribution in [0.5, 0.6) is 5.75 Å². The molecule has 2 unspecified atom stereocenters. The Labute approximate surface area is 129 Å². The van der Waals surface area contributed by atoms with Crippen molar-refractivity contribution >= 4 is 11.6 Å². The molecule has 0 radical (unpaired) electrons. The fourth-order valence-corrected chi connectivity index (χ4v) is 2.28. The van der Waals surface area contributed by atoms with Gasteiger partial charge < -0.3 is 10.5 Å². The van der Waals surface area contributed by atoms with E-state index in [1.54, 1.807) is 18.2 Å². The predicted molar refractivity (Wildman–Crippen MR) is 84.2 cm³/mol. The number of nitrogens with zero attached hydrogens (tertiary/aromatic N) is 1. The van der Waals surface area contributed by atoms with Crippen molar-refractivity contribution in [1.29, 1.82) is 5.26 Å². The molecule has 4 heteroatoms. The van der Waals surface area contributed by atoms with Crippen LogP contribution in [-0.2, 0) is 0 Å². The normalized spacial score (nSPS) is 13.2. The Morgan fingerprint density at radius 1 is 1.24 bits per heavy atom. The number of halogens is 1. The van der Waals surface area contributed by atoms with Crippen LogP contribution in [-0.4, -0.2) is 6.04 Å². The third-order valence-electron chi connectivity index (χ3n) is 3.26. The molecule has 2 N–H and O–H groups in total. The molecule has 108 valence electrons. The maximum absolute atomic E-state index is 8.96. The second-order valence-corrected chi connectivity index (χ2v) is 5.24. The average Bonchev–Trinajstić information content (AvgIpc) is 2.52. The molecule has 0 aliphatic rings. The number of nitriles is 1. The van der Waals surface area contributed by atoms with Gasteiger partial charge in [0.25, 0.3) is 0 Å². The number of nitrogens with two attached hydrogens (primary N) is 1. The topological polar surface area (TPSA) is 59.0 Å². The quantitative estimate of drug-likeness (QED) is 0.905. The molecule has 0 fully saturated rings. The van der Waals surface area contributed by atoms with Crippen LogP contribution >= 0.6 is 11.6 Å². The summed E-state index contributed by atoms with van der Waals surface area (Å²) in [6.07, 6.45) is 0.470. The summed E-state index contributed by atoms with van der Waals surface area (Å²) in [6.45, 7) is 2.01. The van der Waals surface area contributed by atoms with Crippen LogP contribution in [0.25, 0.3) is 0 Å². The summed E-state index contributed by atoms with van der Waals surface area (Å²) in [5.74, 6) is 0.628. The second-order valence-electron chi connectivity index (χ2n) is 4.81. The monoisotopic (exact) mass is 300 g/mol. The van der Waals surface area contributed by atoms with Crippen LogP contribution < -0.4 is 10.5 Å². The van der Waals surface area contributed by atoms with E-state index in [1.807, 2.05) is 37.3 Å². The number of ether oxygens (including phenoxy) is 1. The number of benzene rings is 2. The summed E-state index contributed by atoms with van der Waals surface area (Å²) in [7, 11) is 0. The van der Waals surface area contributed by atoms with E-state index in [2.05, 4.69) is 6.07 Å². The first-order chi connectivity index (χ1) is 10.1. The lowest BCUT2D eigenvalue weighted by atomic mass is 10.0. The minimum absolute atomic E-state index is 0.158. The Kier molecular flexibility index (Phi) is 5.21. The van der Waals surface area contributed by atoms with Crippen LogP contribution in [0.2, 0.25) is 5.02 Å². The van der Waals surface area contributed by atoms with Gasteiger partial charge in [-0.05, 0) is 42.3 Å². The summed E-state index contributed by atoms with van der Waals surface area (Å²) in [5, 5.41) is 9.61. The van der Waals surface area contributed by atoms with E-state index in [1.165, 1.54) is 0 Å². The highest BCUT2D eigenvalue weighted by Crippen LogP contribution is 2.27. The van der Waals surface area contributed by atoms with Gasteiger partial charge in [0, 0.05) is 11.1 Å². The molecule has 0 saturated heterocycles. The van der Waals surface area contributed by atoms with E-state index in [4.69, 9.17) is 27.3 Å². The van der Waals surface area contributed by atoms with Gasteiger partial charge in [-0.2, -0.15) is 5.26 Å². The number of hydrogen-bond acceptors (Lipinski definition) is 3. The summed E-state index contributed by atoms with van der Waals surface area (Å²) in [6, 6.07) is 16.5. The standard InChI is InChI=1S/C17H17ClN2O/c1-2-16(20)17(13-6-4-7-14(18)10-13)21-15-8-3-5-12(9-15)11-19/h3-10,16-17H,2,20H2,1H3. The summed E-state index contributed by atoms with van der Waals surface area (Å²) in [5.41, 5.74) is 7.67. The molecule has 0 aliphatic heterocycles. The maximum atomic E-state index is 8.96.